The van der Waals surface area contributed by atoms with Crippen molar-refractivity contribution in [2.75, 3.05) is 13.7 Å². The van der Waals surface area contributed by atoms with Crippen molar-refractivity contribution in [1.82, 2.24) is 0 Å². The van der Waals surface area contributed by atoms with Crippen molar-refractivity contribution >= 4 is 0 Å². The van der Waals surface area contributed by atoms with Gasteiger partial charge < -0.3 is 9.84 Å². The summed E-state index contributed by atoms with van der Waals surface area (Å²) < 4.78 is 5.35. The SMILES string of the molecule is COc1ccc2c(c1CCO)CCCC2. The van der Waals surface area contributed by atoms with Crippen LogP contribution in [-0.2, 0) is 19.3 Å². The Morgan fingerprint density at radius 3 is 2.80 bits per heavy atom. The first-order valence-electron chi connectivity index (χ1n) is 5.65. The Labute approximate surface area is 90.9 Å². The van der Waals surface area contributed by atoms with Crippen molar-refractivity contribution in [1.29, 1.82) is 0 Å². The molecule has 0 saturated carbocycles. The predicted octanol–water partition coefficient (Wildman–Crippen LogP) is 2.11. The predicted molar refractivity (Wildman–Crippen MR) is 60.4 cm³/mol. The summed E-state index contributed by atoms with van der Waals surface area (Å²) in [5, 5.41) is 9.09. The van der Waals surface area contributed by atoms with Gasteiger partial charge in [0.1, 0.15) is 5.75 Å². The van der Waals surface area contributed by atoms with E-state index >= 15 is 0 Å². The van der Waals surface area contributed by atoms with E-state index in [1.54, 1.807) is 7.11 Å². The van der Waals surface area contributed by atoms with Gasteiger partial charge in [0.05, 0.1) is 7.11 Å². The summed E-state index contributed by atoms with van der Waals surface area (Å²) in [6.07, 6.45) is 5.59. The molecule has 15 heavy (non-hydrogen) atoms. The summed E-state index contributed by atoms with van der Waals surface area (Å²) in [5.41, 5.74) is 4.09. The fraction of sp³-hybridized carbons (Fsp3) is 0.538. The third-order valence-electron chi connectivity index (χ3n) is 3.19. The van der Waals surface area contributed by atoms with Crippen LogP contribution < -0.4 is 4.74 Å². The molecule has 82 valence electrons. The summed E-state index contributed by atoms with van der Waals surface area (Å²) in [7, 11) is 1.70. The van der Waals surface area contributed by atoms with Gasteiger partial charge >= 0.3 is 0 Å². The number of rotatable bonds is 3. The molecule has 0 heterocycles. The van der Waals surface area contributed by atoms with Gasteiger partial charge in [-0.15, -0.1) is 0 Å². The van der Waals surface area contributed by atoms with Gasteiger partial charge in [-0.25, -0.2) is 0 Å². The first kappa shape index (κ1) is 10.5. The highest BCUT2D eigenvalue weighted by atomic mass is 16.5. The summed E-state index contributed by atoms with van der Waals surface area (Å²) in [5.74, 6) is 0.935. The molecule has 2 heteroatoms. The fourth-order valence-corrected chi connectivity index (χ4v) is 2.46. The molecular formula is C13H18O2. The lowest BCUT2D eigenvalue weighted by Crippen LogP contribution is -2.09. The smallest absolute Gasteiger partial charge is 0.122 e. The molecule has 0 saturated heterocycles. The number of benzene rings is 1. The molecule has 2 rings (SSSR count). The van der Waals surface area contributed by atoms with Gasteiger partial charge in [0.15, 0.2) is 0 Å². The van der Waals surface area contributed by atoms with Crippen LogP contribution in [0.25, 0.3) is 0 Å². The molecular weight excluding hydrogens is 188 g/mol. The van der Waals surface area contributed by atoms with Gasteiger partial charge in [0.25, 0.3) is 0 Å². The Bertz CT molecular complexity index is 345. The number of hydrogen-bond acceptors (Lipinski definition) is 2. The van der Waals surface area contributed by atoms with Crippen LogP contribution in [0, 0.1) is 0 Å². The molecule has 0 unspecified atom stereocenters. The largest absolute Gasteiger partial charge is 0.496 e. The third-order valence-corrected chi connectivity index (χ3v) is 3.19. The molecule has 0 aromatic heterocycles. The van der Waals surface area contributed by atoms with Crippen molar-refractivity contribution in [2.45, 2.75) is 32.1 Å². The standard InChI is InChI=1S/C13H18O2/c1-15-13-7-6-10-4-2-3-5-11(10)12(13)8-9-14/h6-7,14H,2-5,8-9H2,1H3. The summed E-state index contributed by atoms with van der Waals surface area (Å²) in [6, 6.07) is 4.21. The quantitative estimate of drug-likeness (QED) is 0.820. The molecule has 0 fully saturated rings. The maximum absolute atomic E-state index is 9.09. The normalized spacial score (nSPS) is 14.8. The second-order valence-electron chi connectivity index (χ2n) is 4.06. The first-order valence-corrected chi connectivity index (χ1v) is 5.65. The number of ether oxygens (including phenoxy) is 1. The Balaban J connectivity index is 2.44. The lowest BCUT2D eigenvalue weighted by molar-refractivity contribution is 0.296. The van der Waals surface area contributed by atoms with Crippen LogP contribution >= 0.6 is 0 Å². The molecule has 0 atom stereocenters. The van der Waals surface area contributed by atoms with Crippen molar-refractivity contribution in [2.24, 2.45) is 0 Å². The molecule has 1 aromatic carbocycles. The maximum atomic E-state index is 9.09. The Morgan fingerprint density at radius 1 is 1.27 bits per heavy atom. The van der Waals surface area contributed by atoms with E-state index in [1.165, 1.54) is 36.0 Å². The monoisotopic (exact) mass is 206 g/mol. The Kier molecular flexibility index (Phi) is 3.27. The number of aryl methyl sites for hydroxylation is 1. The Morgan fingerprint density at radius 2 is 2.07 bits per heavy atom. The fourth-order valence-electron chi connectivity index (χ4n) is 2.46. The third kappa shape index (κ3) is 2.00. The van der Waals surface area contributed by atoms with Gasteiger partial charge in [-0.05, 0) is 54.9 Å². The lowest BCUT2D eigenvalue weighted by atomic mass is 9.87. The van der Waals surface area contributed by atoms with Gasteiger partial charge in [0, 0.05) is 6.61 Å². The highest BCUT2D eigenvalue weighted by Gasteiger charge is 2.16. The second-order valence-corrected chi connectivity index (χ2v) is 4.06. The number of aliphatic hydroxyl groups excluding tert-OH is 1. The van der Waals surface area contributed by atoms with Crippen molar-refractivity contribution in [3.05, 3.63) is 28.8 Å². The van der Waals surface area contributed by atoms with Crippen LogP contribution in [0.2, 0.25) is 0 Å². The minimum absolute atomic E-state index is 0.201. The van der Waals surface area contributed by atoms with Crippen molar-refractivity contribution < 1.29 is 9.84 Å². The number of hydrogen-bond donors (Lipinski definition) is 1. The van der Waals surface area contributed by atoms with E-state index in [2.05, 4.69) is 6.07 Å². The van der Waals surface area contributed by atoms with Crippen LogP contribution in [0.15, 0.2) is 12.1 Å². The van der Waals surface area contributed by atoms with Crippen LogP contribution in [-0.4, -0.2) is 18.8 Å². The molecule has 0 spiro atoms. The second kappa shape index (κ2) is 4.67. The number of methoxy groups -OCH3 is 1. The molecule has 1 aliphatic rings. The highest BCUT2D eigenvalue weighted by Crippen LogP contribution is 2.31. The molecule has 0 radical (unpaired) electrons. The molecule has 0 amide bonds. The molecule has 1 N–H and O–H groups in total. The Hall–Kier alpha value is -1.02. The molecule has 2 nitrogen and oxygen atoms in total. The van der Waals surface area contributed by atoms with Gasteiger partial charge in [0.2, 0.25) is 0 Å². The summed E-state index contributed by atoms with van der Waals surface area (Å²) in [4.78, 5) is 0. The number of aliphatic hydroxyl groups is 1. The maximum Gasteiger partial charge on any atom is 0.122 e. The minimum Gasteiger partial charge on any atom is -0.496 e. The van der Waals surface area contributed by atoms with Crippen LogP contribution in [0.5, 0.6) is 5.75 Å². The zero-order chi connectivity index (χ0) is 10.7. The molecule has 0 bridgehead atoms. The van der Waals surface area contributed by atoms with Crippen LogP contribution in [0.4, 0.5) is 0 Å². The summed E-state index contributed by atoms with van der Waals surface area (Å²) in [6.45, 7) is 0.201. The van der Waals surface area contributed by atoms with E-state index in [4.69, 9.17) is 9.84 Å². The first-order chi connectivity index (χ1) is 7.36. The number of fused-ring (bicyclic) bond motifs is 1. The topological polar surface area (TPSA) is 29.5 Å². The van der Waals surface area contributed by atoms with E-state index in [9.17, 15) is 0 Å². The van der Waals surface area contributed by atoms with Gasteiger partial charge in [-0.3, -0.25) is 0 Å². The van der Waals surface area contributed by atoms with E-state index < -0.39 is 0 Å². The van der Waals surface area contributed by atoms with E-state index in [0.717, 1.165) is 12.2 Å². The molecule has 1 aromatic rings. The van der Waals surface area contributed by atoms with Crippen molar-refractivity contribution in [3.8, 4) is 5.75 Å². The zero-order valence-corrected chi connectivity index (χ0v) is 9.25. The minimum atomic E-state index is 0.201. The average Bonchev–Trinajstić information content (AvgIpc) is 2.30. The van der Waals surface area contributed by atoms with Crippen molar-refractivity contribution in [3.63, 3.8) is 0 Å². The summed E-state index contributed by atoms with van der Waals surface area (Å²) >= 11 is 0. The molecule has 1 aliphatic carbocycles. The van der Waals surface area contributed by atoms with Gasteiger partial charge in [-0.1, -0.05) is 6.07 Å². The van der Waals surface area contributed by atoms with Gasteiger partial charge in [-0.2, -0.15) is 0 Å². The lowest BCUT2D eigenvalue weighted by Gasteiger charge is -2.21. The van der Waals surface area contributed by atoms with E-state index in [1.807, 2.05) is 6.07 Å². The van der Waals surface area contributed by atoms with E-state index in [0.29, 0.717) is 6.42 Å². The van der Waals surface area contributed by atoms with Crippen LogP contribution in [0.1, 0.15) is 29.5 Å². The van der Waals surface area contributed by atoms with Crippen LogP contribution in [0.3, 0.4) is 0 Å². The average molecular weight is 206 g/mol. The molecule has 0 aliphatic heterocycles. The van der Waals surface area contributed by atoms with E-state index in [-0.39, 0.29) is 6.61 Å². The zero-order valence-electron chi connectivity index (χ0n) is 9.25. The highest BCUT2D eigenvalue weighted by molar-refractivity contribution is 5.46.